The molecule has 1 aromatic heterocycles. The Morgan fingerprint density at radius 1 is 1.06 bits per heavy atom. The summed E-state index contributed by atoms with van der Waals surface area (Å²) < 4.78 is 0. The third-order valence-electron chi connectivity index (χ3n) is 5.74. The number of rotatable bonds is 5. The van der Waals surface area contributed by atoms with Crippen LogP contribution >= 0.6 is 11.6 Å². The number of phenols is 1. The van der Waals surface area contributed by atoms with E-state index in [0.717, 1.165) is 5.56 Å². The monoisotopic (exact) mass is 460 g/mol. The molecule has 0 aliphatic carbocycles. The first kappa shape index (κ1) is 20.7. The number of carbonyl (C=O) groups is 1. The van der Waals surface area contributed by atoms with Crippen LogP contribution in [0.1, 0.15) is 33.2 Å². The van der Waals surface area contributed by atoms with Crippen LogP contribution in [0.2, 0.25) is 5.02 Å². The van der Waals surface area contributed by atoms with E-state index in [1.807, 2.05) is 18.2 Å². The number of hydrogen-bond donors (Lipinski definition) is 2. The fourth-order valence-corrected chi connectivity index (χ4v) is 4.37. The number of amides is 1. The Bertz CT molecular complexity index is 1380. The molecule has 5 rings (SSSR count). The first-order valence-electron chi connectivity index (χ1n) is 10.1. The maximum atomic E-state index is 13.4. The minimum Gasteiger partial charge on any atom is -0.507 e. The molecule has 0 bridgehead atoms. The Labute approximate surface area is 193 Å². The van der Waals surface area contributed by atoms with Gasteiger partial charge in [-0.3, -0.25) is 20.0 Å². The second-order valence-corrected chi connectivity index (χ2v) is 8.06. The highest BCUT2D eigenvalue weighted by Gasteiger charge is 2.42. The second-order valence-electron chi connectivity index (χ2n) is 7.65. The van der Waals surface area contributed by atoms with Gasteiger partial charge in [0.1, 0.15) is 17.1 Å². The van der Waals surface area contributed by atoms with E-state index < -0.39 is 11.0 Å². The van der Waals surface area contributed by atoms with Crippen molar-refractivity contribution in [2.45, 2.75) is 12.6 Å². The number of nitro benzene ring substituents is 1. The average Bonchev–Trinajstić information content (AvgIpc) is 3.35. The lowest BCUT2D eigenvalue weighted by atomic mass is 9.95. The zero-order valence-electron chi connectivity index (χ0n) is 17.1. The number of nitro groups is 1. The largest absolute Gasteiger partial charge is 0.507 e. The maximum absolute atomic E-state index is 13.4. The van der Waals surface area contributed by atoms with Crippen molar-refractivity contribution in [3.8, 4) is 17.0 Å². The molecule has 4 aromatic rings. The summed E-state index contributed by atoms with van der Waals surface area (Å²) in [6.07, 6.45) is 0. The van der Waals surface area contributed by atoms with Crippen molar-refractivity contribution in [1.29, 1.82) is 0 Å². The predicted molar refractivity (Wildman–Crippen MR) is 122 cm³/mol. The van der Waals surface area contributed by atoms with Gasteiger partial charge in [0, 0.05) is 34.8 Å². The van der Waals surface area contributed by atoms with Crippen LogP contribution < -0.4 is 0 Å². The van der Waals surface area contributed by atoms with Crippen LogP contribution in [-0.2, 0) is 6.54 Å². The van der Waals surface area contributed by atoms with Crippen LogP contribution in [0.15, 0.2) is 72.8 Å². The lowest BCUT2D eigenvalue weighted by Gasteiger charge is -2.27. The summed E-state index contributed by atoms with van der Waals surface area (Å²) in [6, 6.07) is 19.5. The number of nitrogens with zero attached hydrogens (tertiary/aromatic N) is 3. The average molecular weight is 461 g/mol. The number of aromatic hydroxyl groups is 1. The van der Waals surface area contributed by atoms with E-state index in [9.17, 15) is 20.0 Å². The molecule has 1 unspecified atom stereocenters. The molecule has 0 saturated heterocycles. The van der Waals surface area contributed by atoms with Gasteiger partial charge in [0.25, 0.3) is 11.6 Å². The molecule has 0 spiro atoms. The van der Waals surface area contributed by atoms with E-state index >= 15 is 0 Å². The number of non-ortho nitro benzene ring substituents is 1. The molecule has 2 N–H and O–H groups in total. The van der Waals surface area contributed by atoms with E-state index in [1.165, 1.54) is 12.1 Å². The summed E-state index contributed by atoms with van der Waals surface area (Å²) >= 11 is 6.37. The van der Waals surface area contributed by atoms with Crippen LogP contribution in [0.4, 0.5) is 5.69 Å². The highest BCUT2D eigenvalue weighted by Crippen LogP contribution is 2.45. The Balaban J connectivity index is 1.67. The Morgan fingerprint density at radius 3 is 2.45 bits per heavy atom. The van der Waals surface area contributed by atoms with Gasteiger partial charge in [0.15, 0.2) is 0 Å². The predicted octanol–water partition coefficient (Wildman–Crippen LogP) is 5.09. The summed E-state index contributed by atoms with van der Waals surface area (Å²) in [5.41, 5.74) is 3.23. The topological polar surface area (TPSA) is 112 Å². The molecular formula is C24H17ClN4O4. The van der Waals surface area contributed by atoms with E-state index in [2.05, 4.69) is 10.2 Å². The summed E-state index contributed by atoms with van der Waals surface area (Å²) in [7, 11) is 0. The van der Waals surface area contributed by atoms with Crippen molar-refractivity contribution in [3.05, 3.63) is 110 Å². The standard InChI is InChI=1S/C24H17ClN4O4/c25-18-7-3-1-5-15(18)13-28-23(14-9-11-16(12-10-14)29(32)33)20-21(26-27-22(20)24(28)31)17-6-2-4-8-19(17)30/h1-12,23,30H,13H2,(H,26,27). The van der Waals surface area contributed by atoms with E-state index in [4.69, 9.17) is 11.6 Å². The van der Waals surface area contributed by atoms with E-state index in [1.54, 1.807) is 47.4 Å². The number of carbonyl (C=O) groups excluding carboxylic acids is 1. The molecular weight excluding hydrogens is 444 g/mol. The van der Waals surface area contributed by atoms with Gasteiger partial charge in [-0.05, 0) is 41.5 Å². The van der Waals surface area contributed by atoms with Crippen LogP contribution in [0.25, 0.3) is 11.3 Å². The number of aromatic nitrogens is 2. The van der Waals surface area contributed by atoms with Gasteiger partial charge in [-0.15, -0.1) is 0 Å². The van der Waals surface area contributed by atoms with Crippen molar-refractivity contribution in [3.63, 3.8) is 0 Å². The number of fused-ring (bicyclic) bond motifs is 1. The second kappa shape index (κ2) is 8.07. The molecule has 1 atom stereocenters. The summed E-state index contributed by atoms with van der Waals surface area (Å²) in [6.45, 7) is 0.225. The number of H-pyrrole nitrogens is 1. The van der Waals surface area contributed by atoms with Gasteiger partial charge in [-0.25, -0.2) is 0 Å². The van der Waals surface area contributed by atoms with Gasteiger partial charge < -0.3 is 10.0 Å². The number of aromatic amines is 1. The molecule has 9 heteroatoms. The van der Waals surface area contributed by atoms with Gasteiger partial charge in [0.2, 0.25) is 0 Å². The highest BCUT2D eigenvalue weighted by atomic mass is 35.5. The zero-order valence-corrected chi connectivity index (χ0v) is 17.9. The summed E-state index contributed by atoms with van der Waals surface area (Å²) in [5.74, 6) is -0.242. The normalized spacial score (nSPS) is 15.0. The molecule has 1 amide bonds. The minimum absolute atomic E-state index is 0.0336. The third-order valence-corrected chi connectivity index (χ3v) is 6.11. The molecule has 1 aliphatic heterocycles. The summed E-state index contributed by atoms with van der Waals surface area (Å²) in [4.78, 5) is 25.8. The Kier molecular flexibility index (Phi) is 5.07. The molecule has 164 valence electrons. The fourth-order valence-electron chi connectivity index (χ4n) is 4.17. The SMILES string of the molecule is O=C1c2[nH]nc(-c3ccccc3O)c2C(c2ccc([N+](=O)[O-])cc2)N1Cc1ccccc1Cl. The lowest BCUT2D eigenvalue weighted by Crippen LogP contribution is -2.29. The van der Waals surface area contributed by atoms with Gasteiger partial charge in [-0.1, -0.05) is 41.9 Å². The van der Waals surface area contributed by atoms with Crippen molar-refractivity contribution in [2.75, 3.05) is 0 Å². The number of phenolic OH excluding ortho intramolecular Hbond substituents is 1. The molecule has 2 heterocycles. The third kappa shape index (κ3) is 3.50. The van der Waals surface area contributed by atoms with Crippen LogP contribution in [0, 0.1) is 10.1 Å². The van der Waals surface area contributed by atoms with Gasteiger partial charge in [0.05, 0.1) is 11.0 Å². The van der Waals surface area contributed by atoms with Crippen LogP contribution in [0.3, 0.4) is 0 Å². The summed E-state index contributed by atoms with van der Waals surface area (Å²) in [5, 5.41) is 29.3. The smallest absolute Gasteiger partial charge is 0.273 e. The Hall–Kier alpha value is -4.17. The maximum Gasteiger partial charge on any atom is 0.273 e. The van der Waals surface area contributed by atoms with Crippen molar-refractivity contribution < 1.29 is 14.8 Å². The van der Waals surface area contributed by atoms with E-state index in [0.29, 0.717) is 33.1 Å². The Morgan fingerprint density at radius 2 is 1.76 bits per heavy atom. The van der Waals surface area contributed by atoms with Crippen LogP contribution in [-0.4, -0.2) is 31.0 Å². The van der Waals surface area contributed by atoms with Crippen molar-refractivity contribution in [2.24, 2.45) is 0 Å². The molecule has 3 aromatic carbocycles. The molecule has 0 radical (unpaired) electrons. The van der Waals surface area contributed by atoms with Gasteiger partial charge in [-0.2, -0.15) is 5.10 Å². The number of benzene rings is 3. The number of halogens is 1. The first-order chi connectivity index (χ1) is 16.0. The lowest BCUT2D eigenvalue weighted by molar-refractivity contribution is -0.384. The number of nitrogens with one attached hydrogen (secondary N) is 1. The molecule has 0 fully saturated rings. The minimum atomic E-state index is -0.585. The van der Waals surface area contributed by atoms with E-state index in [-0.39, 0.29) is 23.9 Å². The zero-order chi connectivity index (χ0) is 23.1. The molecule has 1 aliphatic rings. The van der Waals surface area contributed by atoms with Gasteiger partial charge >= 0.3 is 0 Å². The number of para-hydroxylation sites is 1. The van der Waals surface area contributed by atoms with Crippen molar-refractivity contribution >= 4 is 23.2 Å². The van der Waals surface area contributed by atoms with Crippen molar-refractivity contribution in [1.82, 2.24) is 15.1 Å². The molecule has 0 saturated carbocycles. The highest BCUT2D eigenvalue weighted by molar-refractivity contribution is 6.31. The first-order valence-corrected chi connectivity index (χ1v) is 10.5. The quantitative estimate of drug-likeness (QED) is 0.318. The molecule has 8 nitrogen and oxygen atoms in total. The number of hydrogen-bond acceptors (Lipinski definition) is 5. The van der Waals surface area contributed by atoms with Crippen LogP contribution in [0.5, 0.6) is 5.75 Å². The fraction of sp³-hybridized carbons (Fsp3) is 0.0833. The molecule has 33 heavy (non-hydrogen) atoms.